The van der Waals surface area contributed by atoms with Crippen LogP contribution in [0.15, 0.2) is 29.6 Å². The molecule has 0 aliphatic carbocycles. The van der Waals surface area contributed by atoms with Crippen molar-refractivity contribution in [3.63, 3.8) is 0 Å². The number of hydrogen-bond donors (Lipinski definition) is 2. The summed E-state index contributed by atoms with van der Waals surface area (Å²) in [5.41, 5.74) is 2.05. The summed E-state index contributed by atoms with van der Waals surface area (Å²) in [5.74, 6) is 0. The van der Waals surface area contributed by atoms with E-state index in [-0.39, 0.29) is 6.03 Å². The van der Waals surface area contributed by atoms with E-state index < -0.39 is 0 Å². The van der Waals surface area contributed by atoms with E-state index in [2.05, 4.69) is 15.6 Å². The quantitative estimate of drug-likeness (QED) is 0.901. The molecule has 0 fully saturated rings. The minimum atomic E-state index is -0.317. The summed E-state index contributed by atoms with van der Waals surface area (Å²) in [4.78, 5) is 15.9. The van der Waals surface area contributed by atoms with E-state index in [4.69, 9.17) is 5.26 Å². The van der Waals surface area contributed by atoms with Crippen molar-refractivity contribution >= 4 is 23.1 Å². The van der Waals surface area contributed by atoms with Crippen molar-refractivity contribution < 1.29 is 4.79 Å². The maximum absolute atomic E-state index is 11.7. The first-order valence-electron chi connectivity index (χ1n) is 5.63. The summed E-state index contributed by atoms with van der Waals surface area (Å²) >= 11 is 1.51. The fourth-order valence-electron chi connectivity index (χ4n) is 1.48. The van der Waals surface area contributed by atoms with Gasteiger partial charge in [0.1, 0.15) is 5.01 Å². The molecule has 0 unspecified atom stereocenters. The standard InChI is InChI=1S/C13H12N4OS/c1-9-8-19-12(16-9)7-15-13(18)17-11-4-2-3-10(5-11)6-14/h2-5,8H,7H2,1H3,(H2,15,17,18). The molecule has 1 aromatic heterocycles. The van der Waals surface area contributed by atoms with E-state index in [1.54, 1.807) is 24.3 Å². The third kappa shape index (κ3) is 3.79. The van der Waals surface area contributed by atoms with Crippen LogP contribution >= 0.6 is 11.3 Å². The highest BCUT2D eigenvalue weighted by Gasteiger charge is 2.04. The van der Waals surface area contributed by atoms with E-state index in [1.807, 2.05) is 18.4 Å². The predicted octanol–water partition coefficient (Wildman–Crippen LogP) is 2.64. The van der Waals surface area contributed by atoms with Gasteiger partial charge in [0.2, 0.25) is 0 Å². The van der Waals surface area contributed by atoms with Gasteiger partial charge in [0.25, 0.3) is 0 Å². The molecule has 0 radical (unpaired) electrons. The molecule has 2 N–H and O–H groups in total. The lowest BCUT2D eigenvalue weighted by molar-refractivity contribution is 0.251. The number of anilines is 1. The second-order valence-electron chi connectivity index (χ2n) is 3.88. The molecule has 0 atom stereocenters. The maximum Gasteiger partial charge on any atom is 0.319 e. The number of carbonyl (C=O) groups excluding carboxylic acids is 1. The van der Waals surface area contributed by atoms with Gasteiger partial charge in [-0.1, -0.05) is 6.07 Å². The van der Waals surface area contributed by atoms with Gasteiger partial charge in [-0.25, -0.2) is 9.78 Å². The molecule has 5 nitrogen and oxygen atoms in total. The minimum Gasteiger partial charge on any atom is -0.331 e. The molecule has 2 aromatic rings. The first kappa shape index (κ1) is 13.1. The molecule has 96 valence electrons. The molecule has 1 aromatic carbocycles. The van der Waals surface area contributed by atoms with Crippen molar-refractivity contribution in [3.05, 3.63) is 45.9 Å². The molecule has 0 aliphatic rings. The molecule has 2 rings (SSSR count). The Balaban J connectivity index is 1.89. The smallest absolute Gasteiger partial charge is 0.319 e. The predicted molar refractivity (Wildman–Crippen MR) is 73.9 cm³/mol. The second-order valence-corrected chi connectivity index (χ2v) is 4.83. The average Bonchev–Trinajstić information content (AvgIpc) is 2.82. The highest BCUT2D eigenvalue weighted by Crippen LogP contribution is 2.10. The van der Waals surface area contributed by atoms with Gasteiger partial charge in [-0.3, -0.25) is 0 Å². The first-order valence-corrected chi connectivity index (χ1v) is 6.51. The number of nitrogens with zero attached hydrogens (tertiary/aromatic N) is 2. The van der Waals surface area contributed by atoms with Crippen LogP contribution in [0.2, 0.25) is 0 Å². The minimum absolute atomic E-state index is 0.317. The monoisotopic (exact) mass is 272 g/mol. The lowest BCUT2D eigenvalue weighted by atomic mass is 10.2. The van der Waals surface area contributed by atoms with Gasteiger partial charge in [-0.2, -0.15) is 5.26 Å². The highest BCUT2D eigenvalue weighted by molar-refractivity contribution is 7.09. The van der Waals surface area contributed by atoms with Gasteiger partial charge >= 0.3 is 6.03 Å². The maximum atomic E-state index is 11.7. The number of nitrogens with one attached hydrogen (secondary N) is 2. The van der Waals surface area contributed by atoms with Crippen molar-refractivity contribution in [1.82, 2.24) is 10.3 Å². The van der Waals surface area contributed by atoms with E-state index in [1.165, 1.54) is 11.3 Å². The van der Waals surface area contributed by atoms with Crippen LogP contribution in [0.3, 0.4) is 0 Å². The van der Waals surface area contributed by atoms with Crippen molar-refractivity contribution in [2.75, 3.05) is 5.32 Å². The molecule has 0 saturated carbocycles. The largest absolute Gasteiger partial charge is 0.331 e. The molecular formula is C13H12N4OS. The molecule has 0 aliphatic heterocycles. The van der Waals surface area contributed by atoms with Crippen LogP contribution in [0.1, 0.15) is 16.3 Å². The number of aromatic nitrogens is 1. The first-order chi connectivity index (χ1) is 9.17. The Morgan fingerprint density at radius 3 is 3.05 bits per heavy atom. The number of amides is 2. The lowest BCUT2D eigenvalue weighted by Crippen LogP contribution is -2.28. The summed E-state index contributed by atoms with van der Waals surface area (Å²) < 4.78 is 0. The van der Waals surface area contributed by atoms with Gasteiger partial charge in [0, 0.05) is 16.8 Å². The molecule has 2 amide bonds. The van der Waals surface area contributed by atoms with Crippen LogP contribution in [0.25, 0.3) is 0 Å². The van der Waals surface area contributed by atoms with Gasteiger partial charge in [-0.15, -0.1) is 11.3 Å². The summed E-state index contributed by atoms with van der Waals surface area (Å²) in [6, 6.07) is 8.46. The number of nitriles is 1. The Morgan fingerprint density at radius 1 is 1.53 bits per heavy atom. The number of urea groups is 1. The third-order valence-corrected chi connectivity index (χ3v) is 3.28. The third-order valence-electron chi connectivity index (χ3n) is 2.32. The fourth-order valence-corrected chi connectivity index (χ4v) is 2.19. The lowest BCUT2D eigenvalue weighted by Gasteiger charge is -2.06. The molecular weight excluding hydrogens is 260 g/mol. The number of carbonyl (C=O) groups is 1. The summed E-state index contributed by atoms with van der Waals surface area (Å²) in [7, 11) is 0. The van der Waals surface area contributed by atoms with Crippen molar-refractivity contribution in [2.24, 2.45) is 0 Å². The average molecular weight is 272 g/mol. The summed E-state index contributed by atoms with van der Waals surface area (Å²) in [5, 5.41) is 16.9. The normalized spacial score (nSPS) is 9.68. The molecule has 19 heavy (non-hydrogen) atoms. The fraction of sp³-hybridized carbons (Fsp3) is 0.154. The second kappa shape index (κ2) is 5.98. The van der Waals surface area contributed by atoms with Crippen LogP contribution in [0.4, 0.5) is 10.5 Å². The highest BCUT2D eigenvalue weighted by atomic mass is 32.1. The molecule has 0 saturated heterocycles. The van der Waals surface area contributed by atoms with Gasteiger partial charge in [-0.05, 0) is 25.1 Å². The molecule has 0 spiro atoms. The van der Waals surface area contributed by atoms with Crippen LogP contribution in [0.5, 0.6) is 0 Å². The van der Waals surface area contributed by atoms with E-state index in [9.17, 15) is 4.79 Å². The van der Waals surface area contributed by atoms with Crippen molar-refractivity contribution in [1.29, 1.82) is 5.26 Å². The Kier molecular flexibility index (Phi) is 4.11. The van der Waals surface area contributed by atoms with E-state index in [0.717, 1.165) is 10.7 Å². The topological polar surface area (TPSA) is 77.8 Å². The SMILES string of the molecule is Cc1csc(CNC(=O)Nc2cccc(C#N)c2)n1. The number of hydrogen-bond acceptors (Lipinski definition) is 4. The summed E-state index contributed by atoms with van der Waals surface area (Å²) in [6.45, 7) is 2.30. The number of rotatable bonds is 3. The van der Waals surface area contributed by atoms with Crippen LogP contribution in [0, 0.1) is 18.3 Å². The van der Waals surface area contributed by atoms with Crippen molar-refractivity contribution in [2.45, 2.75) is 13.5 Å². The Morgan fingerprint density at radius 2 is 2.37 bits per heavy atom. The van der Waals surface area contributed by atoms with Gasteiger partial charge in [0.15, 0.2) is 0 Å². The Labute approximate surface area is 114 Å². The zero-order chi connectivity index (χ0) is 13.7. The summed E-state index contributed by atoms with van der Waals surface area (Å²) in [6.07, 6.45) is 0. The number of benzene rings is 1. The van der Waals surface area contributed by atoms with Crippen LogP contribution in [-0.2, 0) is 6.54 Å². The van der Waals surface area contributed by atoms with E-state index in [0.29, 0.717) is 17.8 Å². The molecule has 6 heteroatoms. The van der Waals surface area contributed by atoms with Crippen LogP contribution < -0.4 is 10.6 Å². The Hall–Kier alpha value is -2.39. The zero-order valence-electron chi connectivity index (χ0n) is 10.3. The van der Waals surface area contributed by atoms with Gasteiger partial charge < -0.3 is 10.6 Å². The van der Waals surface area contributed by atoms with Crippen molar-refractivity contribution in [3.8, 4) is 6.07 Å². The molecule has 1 heterocycles. The van der Waals surface area contributed by atoms with Gasteiger partial charge in [0.05, 0.1) is 18.2 Å². The van der Waals surface area contributed by atoms with Crippen LogP contribution in [-0.4, -0.2) is 11.0 Å². The zero-order valence-corrected chi connectivity index (χ0v) is 11.1. The number of aryl methyl sites for hydroxylation is 1. The Bertz CT molecular complexity index is 630. The van der Waals surface area contributed by atoms with E-state index >= 15 is 0 Å². The molecule has 0 bridgehead atoms. The number of thiazole rings is 1.